The number of hydrogen-bond donors (Lipinski definition) is 0. The molecule has 4 aromatic rings. The molecule has 1 fully saturated rings. The van der Waals surface area contributed by atoms with Gasteiger partial charge in [0.1, 0.15) is 5.82 Å². The number of benzene rings is 2. The minimum absolute atomic E-state index is 0.248. The Morgan fingerprint density at radius 2 is 1.70 bits per heavy atom. The fourth-order valence-electron chi connectivity index (χ4n) is 3.85. The van der Waals surface area contributed by atoms with Crippen LogP contribution < -0.4 is 4.90 Å². The molecule has 27 heavy (non-hydrogen) atoms. The van der Waals surface area contributed by atoms with E-state index in [0.29, 0.717) is 0 Å². The van der Waals surface area contributed by atoms with E-state index >= 15 is 0 Å². The molecule has 1 aliphatic rings. The fraction of sp³-hybridized carbons (Fsp3) is 0.238. The van der Waals surface area contributed by atoms with E-state index in [1.165, 1.54) is 17.8 Å². The van der Waals surface area contributed by atoms with Crippen LogP contribution in [0.3, 0.4) is 0 Å². The first-order chi connectivity index (χ1) is 13.2. The molecule has 1 saturated heterocycles. The first-order valence-corrected chi connectivity index (χ1v) is 9.14. The molecular formula is C21H20FN5. The van der Waals surface area contributed by atoms with E-state index in [1.54, 1.807) is 12.1 Å². The smallest absolute Gasteiger partial charge is 0.123 e. The van der Waals surface area contributed by atoms with Crippen LogP contribution in [-0.2, 0) is 0 Å². The van der Waals surface area contributed by atoms with Gasteiger partial charge in [-0.05, 0) is 43.4 Å². The fourth-order valence-corrected chi connectivity index (χ4v) is 3.85. The van der Waals surface area contributed by atoms with Gasteiger partial charge in [0, 0.05) is 60.4 Å². The third-order valence-corrected chi connectivity index (χ3v) is 5.36. The molecule has 0 saturated carbocycles. The highest BCUT2D eigenvalue weighted by Crippen LogP contribution is 2.35. The topological polar surface area (TPSA) is 37.2 Å². The predicted molar refractivity (Wildman–Crippen MR) is 106 cm³/mol. The Morgan fingerprint density at radius 3 is 2.48 bits per heavy atom. The second-order valence-electron chi connectivity index (χ2n) is 7.08. The lowest BCUT2D eigenvalue weighted by Crippen LogP contribution is -2.44. The van der Waals surface area contributed by atoms with Crippen molar-refractivity contribution in [2.24, 2.45) is 0 Å². The molecule has 0 spiro atoms. The number of fused-ring (bicyclic) bond motifs is 3. The van der Waals surface area contributed by atoms with Crippen LogP contribution in [0.2, 0.25) is 0 Å². The second kappa shape index (κ2) is 6.32. The van der Waals surface area contributed by atoms with E-state index in [9.17, 15) is 4.39 Å². The summed E-state index contributed by atoms with van der Waals surface area (Å²) < 4.78 is 15.2. The summed E-state index contributed by atoms with van der Waals surface area (Å²) in [6.07, 6.45) is 5.64. The van der Waals surface area contributed by atoms with Gasteiger partial charge in [0.25, 0.3) is 0 Å². The van der Waals surface area contributed by atoms with E-state index < -0.39 is 0 Å². The van der Waals surface area contributed by atoms with E-state index in [4.69, 9.17) is 0 Å². The number of nitrogens with zero attached hydrogens (tertiary/aromatic N) is 5. The van der Waals surface area contributed by atoms with E-state index in [-0.39, 0.29) is 5.82 Å². The lowest BCUT2D eigenvalue weighted by Gasteiger charge is -2.34. The van der Waals surface area contributed by atoms with Gasteiger partial charge in [-0.25, -0.2) is 9.07 Å². The van der Waals surface area contributed by atoms with E-state index in [2.05, 4.69) is 33.0 Å². The molecule has 5 nitrogen and oxygen atoms in total. The number of hydrogen-bond acceptors (Lipinski definition) is 4. The zero-order valence-corrected chi connectivity index (χ0v) is 15.1. The number of halogens is 1. The van der Waals surface area contributed by atoms with Crippen molar-refractivity contribution in [3.63, 3.8) is 0 Å². The predicted octanol–water partition coefficient (Wildman–Crippen LogP) is 3.46. The maximum Gasteiger partial charge on any atom is 0.123 e. The molecular weight excluding hydrogens is 341 g/mol. The summed E-state index contributed by atoms with van der Waals surface area (Å²) >= 11 is 0. The summed E-state index contributed by atoms with van der Waals surface area (Å²) in [5, 5.41) is 7.90. The number of rotatable bonds is 2. The van der Waals surface area contributed by atoms with Gasteiger partial charge in [-0.15, -0.1) is 0 Å². The SMILES string of the molecule is CN1CCN(c2cc3cnn(-c4ccc(F)cc4)c3c3ccncc23)CC1. The molecule has 1 aliphatic heterocycles. The molecule has 2 aromatic heterocycles. The van der Waals surface area contributed by atoms with Crippen molar-refractivity contribution in [2.75, 3.05) is 38.1 Å². The standard InChI is InChI=1S/C21H20FN5/c1-25-8-10-26(11-9-25)20-12-15-13-24-27(17-4-2-16(22)3-5-17)21(15)18-6-7-23-14-19(18)20/h2-7,12-14H,8-11H2,1H3. The quantitative estimate of drug-likeness (QED) is 0.548. The highest BCUT2D eigenvalue weighted by atomic mass is 19.1. The van der Waals surface area contributed by atoms with Crippen LogP contribution in [-0.4, -0.2) is 52.9 Å². The van der Waals surface area contributed by atoms with Crippen LogP contribution in [0.15, 0.2) is 55.0 Å². The van der Waals surface area contributed by atoms with Gasteiger partial charge in [-0.3, -0.25) is 4.98 Å². The van der Waals surface area contributed by atoms with Crippen molar-refractivity contribution in [1.29, 1.82) is 0 Å². The Balaban J connectivity index is 1.72. The first kappa shape index (κ1) is 16.2. The van der Waals surface area contributed by atoms with Crippen molar-refractivity contribution in [1.82, 2.24) is 19.7 Å². The molecule has 0 radical (unpaired) electrons. The van der Waals surface area contributed by atoms with Crippen LogP contribution >= 0.6 is 0 Å². The molecule has 0 amide bonds. The molecule has 0 N–H and O–H groups in total. The van der Waals surface area contributed by atoms with Crippen LogP contribution in [0, 0.1) is 5.82 Å². The molecule has 0 atom stereocenters. The van der Waals surface area contributed by atoms with Crippen LogP contribution in [0.4, 0.5) is 10.1 Å². The second-order valence-corrected chi connectivity index (χ2v) is 7.08. The number of pyridine rings is 1. The summed E-state index contributed by atoms with van der Waals surface area (Å²) in [7, 11) is 2.16. The Bertz CT molecular complexity index is 1110. The number of anilines is 1. The summed E-state index contributed by atoms with van der Waals surface area (Å²) in [6, 6.07) is 10.7. The van der Waals surface area contributed by atoms with Crippen molar-refractivity contribution < 1.29 is 4.39 Å². The van der Waals surface area contributed by atoms with E-state index in [0.717, 1.165) is 53.5 Å². The number of piperazine rings is 1. The molecule has 2 aromatic carbocycles. The van der Waals surface area contributed by atoms with Gasteiger partial charge in [-0.2, -0.15) is 5.10 Å². The highest BCUT2D eigenvalue weighted by molar-refractivity contribution is 6.11. The van der Waals surface area contributed by atoms with E-state index in [1.807, 2.05) is 29.3 Å². The molecule has 0 unspecified atom stereocenters. The lowest BCUT2D eigenvalue weighted by atomic mass is 10.1. The Morgan fingerprint density at radius 1 is 0.926 bits per heavy atom. The van der Waals surface area contributed by atoms with Crippen molar-refractivity contribution in [3.05, 3.63) is 60.8 Å². The maximum absolute atomic E-state index is 13.3. The Hall–Kier alpha value is -2.99. The van der Waals surface area contributed by atoms with Gasteiger partial charge in [0.2, 0.25) is 0 Å². The summed E-state index contributed by atoms with van der Waals surface area (Å²) in [5.74, 6) is -0.248. The van der Waals surface area contributed by atoms with Gasteiger partial charge >= 0.3 is 0 Å². The zero-order valence-electron chi connectivity index (χ0n) is 15.1. The molecule has 0 bridgehead atoms. The molecule has 136 valence electrons. The number of likely N-dealkylation sites (N-methyl/N-ethyl adjacent to an activating group) is 1. The maximum atomic E-state index is 13.3. The third kappa shape index (κ3) is 2.73. The Labute approximate surface area is 156 Å². The molecule has 0 aliphatic carbocycles. The summed E-state index contributed by atoms with van der Waals surface area (Å²) in [5.41, 5.74) is 3.08. The van der Waals surface area contributed by atoms with Crippen molar-refractivity contribution in [3.8, 4) is 5.69 Å². The normalized spacial score (nSPS) is 15.7. The van der Waals surface area contributed by atoms with Crippen LogP contribution in [0.25, 0.3) is 27.4 Å². The third-order valence-electron chi connectivity index (χ3n) is 5.36. The largest absolute Gasteiger partial charge is 0.368 e. The average molecular weight is 361 g/mol. The van der Waals surface area contributed by atoms with Gasteiger partial charge < -0.3 is 9.80 Å². The average Bonchev–Trinajstić information content (AvgIpc) is 3.13. The first-order valence-electron chi connectivity index (χ1n) is 9.14. The zero-order chi connectivity index (χ0) is 18.4. The van der Waals surface area contributed by atoms with Crippen LogP contribution in [0.5, 0.6) is 0 Å². The minimum Gasteiger partial charge on any atom is -0.368 e. The lowest BCUT2D eigenvalue weighted by molar-refractivity contribution is 0.313. The van der Waals surface area contributed by atoms with Gasteiger partial charge in [0.15, 0.2) is 0 Å². The van der Waals surface area contributed by atoms with Crippen molar-refractivity contribution in [2.45, 2.75) is 0 Å². The van der Waals surface area contributed by atoms with Crippen LogP contribution in [0.1, 0.15) is 0 Å². The number of aromatic nitrogens is 3. The summed E-state index contributed by atoms with van der Waals surface area (Å²) in [4.78, 5) is 9.15. The summed E-state index contributed by atoms with van der Waals surface area (Å²) in [6.45, 7) is 4.10. The minimum atomic E-state index is -0.248. The van der Waals surface area contributed by atoms with Gasteiger partial charge in [0.05, 0.1) is 17.4 Å². The van der Waals surface area contributed by atoms with Crippen molar-refractivity contribution >= 4 is 27.4 Å². The molecule has 5 rings (SSSR count). The monoisotopic (exact) mass is 361 g/mol. The highest BCUT2D eigenvalue weighted by Gasteiger charge is 2.19. The molecule has 6 heteroatoms. The Kier molecular flexibility index (Phi) is 3.79. The molecule has 3 heterocycles. The van der Waals surface area contributed by atoms with Gasteiger partial charge in [-0.1, -0.05) is 0 Å².